The van der Waals surface area contributed by atoms with Gasteiger partial charge in [-0.2, -0.15) is 0 Å². The molecule has 1 aliphatic heterocycles. The van der Waals surface area contributed by atoms with Gasteiger partial charge in [0, 0.05) is 31.3 Å². The fourth-order valence-corrected chi connectivity index (χ4v) is 5.38. The van der Waals surface area contributed by atoms with E-state index in [1.54, 1.807) is 17.8 Å². The van der Waals surface area contributed by atoms with Crippen LogP contribution in [0, 0.1) is 0 Å². The number of Topliss-reactive ketones (excluding diaryl/α,β-unsaturated/α-hetero) is 1. The van der Waals surface area contributed by atoms with Crippen LogP contribution in [0.15, 0.2) is 83.7 Å². The first-order valence-corrected chi connectivity index (χ1v) is 11.9. The zero-order valence-electron chi connectivity index (χ0n) is 17.3. The molecule has 0 amide bonds. The molecule has 0 aliphatic carbocycles. The molecule has 3 aromatic rings. The van der Waals surface area contributed by atoms with Crippen LogP contribution in [0.5, 0.6) is 0 Å². The molecule has 31 heavy (non-hydrogen) atoms. The van der Waals surface area contributed by atoms with Crippen LogP contribution in [-0.2, 0) is 0 Å². The predicted molar refractivity (Wildman–Crippen MR) is 131 cm³/mol. The molecule has 1 aromatic heterocycles. The Morgan fingerprint density at radius 3 is 2.39 bits per heavy atom. The summed E-state index contributed by atoms with van der Waals surface area (Å²) in [4.78, 5) is 15.0. The molecule has 160 valence electrons. The number of rotatable bonds is 7. The van der Waals surface area contributed by atoms with E-state index < -0.39 is 0 Å². The first-order valence-electron chi connectivity index (χ1n) is 10.5. The van der Waals surface area contributed by atoms with Crippen LogP contribution in [0.1, 0.15) is 33.8 Å². The largest absolute Gasteiger partial charge is 0.472 e. The van der Waals surface area contributed by atoms with Crippen molar-refractivity contribution in [3.63, 3.8) is 0 Å². The van der Waals surface area contributed by atoms with E-state index in [-0.39, 0.29) is 11.8 Å². The Morgan fingerprint density at radius 2 is 1.77 bits per heavy atom. The van der Waals surface area contributed by atoms with Crippen molar-refractivity contribution in [2.75, 3.05) is 25.4 Å². The van der Waals surface area contributed by atoms with Gasteiger partial charge in [-0.25, -0.2) is 0 Å². The van der Waals surface area contributed by atoms with Gasteiger partial charge in [0.1, 0.15) is 16.6 Å². The minimum Gasteiger partial charge on any atom is -0.472 e. The van der Waals surface area contributed by atoms with Gasteiger partial charge in [0.15, 0.2) is 5.78 Å². The molecular formula is C25H26N2O2S2. The number of nitrogens with zero attached hydrogens (tertiary/aromatic N) is 1. The van der Waals surface area contributed by atoms with Crippen molar-refractivity contribution < 1.29 is 9.21 Å². The molecule has 1 fully saturated rings. The second kappa shape index (κ2) is 10.8. The first kappa shape index (κ1) is 21.8. The average Bonchev–Trinajstić information content (AvgIpc) is 3.37. The molecule has 4 nitrogen and oxygen atoms in total. The zero-order valence-corrected chi connectivity index (χ0v) is 18.9. The monoisotopic (exact) mass is 450 g/mol. The highest BCUT2D eigenvalue weighted by atomic mass is 32.2. The van der Waals surface area contributed by atoms with Crippen LogP contribution in [0.25, 0.3) is 0 Å². The molecule has 1 unspecified atom stereocenters. The van der Waals surface area contributed by atoms with Crippen LogP contribution >= 0.6 is 24.0 Å². The molecule has 1 saturated heterocycles. The maximum Gasteiger partial charge on any atom is 0.189 e. The average molecular weight is 451 g/mol. The normalized spacial score (nSPS) is 16.4. The quantitative estimate of drug-likeness (QED) is 0.405. The van der Waals surface area contributed by atoms with Gasteiger partial charge in [-0.3, -0.25) is 4.79 Å². The molecule has 1 aliphatic rings. The predicted octanol–water partition coefficient (Wildman–Crippen LogP) is 4.98. The Hall–Kier alpha value is -2.41. The maximum atomic E-state index is 12.9. The number of hydrogen-bond donors (Lipinski definition) is 1. The Bertz CT molecular complexity index is 938. The van der Waals surface area contributed by atoms with E-state index in [4.69, 9.17) is 16.6 Å². The second-order valence-corrected chi connectivity index (χ2v) is 9.30. The smallest absolute Gasteiger partial charge is 0.189 e. The van der Waals surface area contributed by atoms with Gasteiger partial charge in [-0.15, -0.1) is 0 Å². The number of thiocarbonyl (C=S) groups is 1. The molecule has 1 atom stereocenters. The third-order valence-corrected chi connectivity index (χ3v) is 7.13. The van der Waals surface area contributed by atoms with Gasteiger partial charge < -0.3 is 14.6 Å². The summed E-state index contributed by atoms with van der Waals surface area (Å²) in [5, 5.41) is 3.32. The molecule has 6 heteroatoms. The molecule has 0 spiro atoms. The van der Waals surface area contributed by atoms with E-state index in [2.05, 4.69) is 70.9 Å². The van der Waals surface area contributed by atoms with Gasteiger partial charge in [-0.1, -0.05) is 84.6 Å². The van der Waals surface area contributed by atoms with Crippen LogP contribution in [0.3, 0.4) is 0 Å². The zero-order chi connectivity index (χ0) is 21.5. The van der Waals surface area contributed by atoms with Crippen molar-refractivity contribution in [1.29, 1.82) is 0 Å². The number of benzene rings is 2. The minimum atomic E-state index is -0.287. The number of furan rings is 1. The number of thioether (sulfide) groups is 1. The van der Waals surface area contributed by atoms with E-state index in [1.807, 2.05) is 0 Å². The molecule has 1 N–H and O–H groups in total. The Balaban J connectivity index is 1.41. The van der Waals surface area contributed by atoms with Crippen molar-refractivity contribution in [2.45, 2.75) is 18.4 Å². The van der Waals surface area contributed by atoms with E-state index >= 15 is 0 Å². The number of nitrogens with one attached hydrogen (secondary N) is 1. The summed E-state index contributed by atoms with van der Waals surface area (Å²) in [6.45, 7) is 2.16. The van der Waals surface area contributed by atoms with E-state index in [1.165, 1.54) is 23.7 Å². The van der Waals surface area contributed by atoms with Crippen molar-refractivity contribution in [3.05, 3.63) is 95.9 Å². The molecule has 0 bridgehead atoms. The van der Waals surface area contributed by atoms with Crippen molar-refractivity contribution in [3.8, 4) is 0 Å². The van der Waals surface area contributed by atoms with E-state index in [0.29, 0.717) is 18.0 Å². The first-order chi connectivity index (χ1) is 15.2. The fraction of sp³-hybridized carbons (Fsp3) is 0.280. The van der Waals surface area contributed by atoms with Crippen LogP contribution in [-0.4, -0.2) is 46.4 Å². The Morgan fingerprint density at radius 1 is 1.10 bits per heavy atom. The van der Waals surface area contributed by atoms with Gasteiger partial charge >= 0.3 is 0 Å². The van der Waals surface area contributed by atoms with Gasteiger partial charge in [0.25, 0.3) is 0 Å². The Labute approximate surface area is 193 Å². The van der Waals surface area contributed by atoms with Gasteiger partial charge in [0.2, 0.25) is 0 Å². The summed E-state index contributed by atoms with van der Waals surface area (Å²) in [7, 11) is 0. The topological polar surface area (TPSA) is 45.5 Å². The molecule has 0 radical (unpaired) electrons. The minimum absolute atomic E-state index is 0.0512. The standard InChI is InChI=1S/C25H26N2O2S2/c28-24(21-11-15-29-18-21)23-17-26-13-14-27(23)25(30)31-16-12-22(19-7-3-1-4-8-19)20-9-5-2-6-10-20/h1-11,15,18,22-23,26H,12-14,16-17H2. The molecule has 2 aromatic carbocycles. The number of ketones is 1. The lowest BCUT2D eigenvalue weighted by Crippen LogP contribution is -2.56. The lowest BCUT2D eigenvalue weighted by atomic mass is 9.89. The summed E-state index contributed by atoms with van der Waals surface area (Å²) in [5.74, 6) is 1.27. The van der Waals surface area contributed by atoms with Crippen LogP contribution in [0.4, 0.5) is 0 Å². The van der Waals surface area contributed by atoms with Gasteiger partial charge in [-0.05, 0) is 23.6 Å². The number of piperazine rings is 1. The highest BCUT2D eigenvalue weighted by Gasteiger charge is 2.31. The maximum absolute atomic E-state index is 12.9. The number of hydrogen-bond acceptors (Lipinski definition) is 5. The summed E-state index contributed by atoms with van der Waals surface area (Å²) >= 11 is 7.44. The lowest BCUT2D eigenvalue weighted by molar-refractivity contribution is 0.0869. The molecule has 0 saturated carbocycles. The summed E-state index contributed by atoms with van der Waals surface area (Å²) in [6, 6.07) is 22.7. The fourth-order valence-electron chi connectivity index (χ4n) is 4.00. The highest BCUT2D eigenvalue weighted by Crippen LogP contribution is 2.30. The van der Waals surface area contributed by atoms with E-state index in [9.17, 15) is 4.79 Å². The van der Waals surface area contributed by atoms with Gasteiger partial charge in [0.05, 0.1) is 11.8 Å². The lowest BCUT2D eigenvalue weighted by Gasteiger charge is -2.36. The highest BCUT2D eigenvalue weighted by molar-refractivity contribution is 8.22. The SMILES string of the molecule is O=C(c1ccoc1)C1CNCCN1C(=S)SCCC(c1ccccc1)c1ccccc1. The summed E-state index contributed by atoms with van der Waals surface area (Å²) in [6.07, 6.45) is 4.02. The van der Waals surface area contributed by atoms with Crippen LogP contribution in [0.2, 0.25) is 0 Å². The molecular weight excluding hydrogens is 424 g/mol. The molecule has 4 rings (SSSR count). The van der Waals surface area contributed by atoms with Crippen molar-refractivity contribution >= 4 is 34.1 Å². The van der Waals surface area contributed by atoms with E-state index in [0.717, 1.165) is 29.6 Å². The third kappa shape index (κ3) is 5.45. The summed E-state index contributed by atoms with van der Waals surface area (Å²) in [5.41, 5.74) is 3.23. The second-order valence-electron chi connectivity index (χ2n) is 7.57. The van der Waals surface area contributed by atoms with Crippen molar-refractivity contribution in [2.24, 2.45) is 0 Å². The van der Waals surface area contributed by atoms with Crippen molar-refractivity contribution in [1.82, 2.24) is 10.2 Å². The van der Waals surface area contributed by atoms with Crippen LogP contribution < -0.4 is 5.32 Å². The summed E-state index contributed by atoms with van der Waals surface area (Å²) < 4.78 is 5.89. The Kier molecular flexibility index (Phi) is 7.57. The number of carbonyl (C=O) groups excluding carboxylic acids is 1. The third-order valence-electron chi connectivity index (χ3n) is 5.62. The molecule has 2 heterocycles. The number of carbonyl (C=O) groups is 1.